The molecule has 1 N–H and O–H groups in total. The molecule has 2 heterocycles. The Morgan fingerprint density at radius 2 is 1.92 bits per heavy atom. The van der Waals surface area contributed by atoms with Gasteiger partial charge < -0.3 is 28.5 Å². The van der Waals surface area contributed by atoms with Crippen molar-refractivity contribution in [1.29, 1.82) is 0 Å². The quantitative estimate of drug-likeness (QED) is 0.533. The van der Waals surface area contributed by atoms with E-state index in [1.54, 1.807) is 0 Å². The van der Waals surface area contributed by atoms with Crippen LogP contribution in [0.4, 0.5) is 0 Å². The lowest BCUT2D eigenvalue weighted by Crippen LogP contribution is -2.48. The summed E-state index contributed by atoms with van der Waals surface area (Å²) in [5, 5.41) is 10.8. The van der Waals surface area contributed by atoms with E-state index in [-0.39, 0.29) is 11.6 Å². The third kappa shape index (κ3) is 4.99. The molecule has 0 aliphatic carbocycles. The molecular formula is C17H32O6S2Si. The maximum atomic E-state index is 10.8. The summed E-state index contributed by atoms with van der Waals surface area (Å²) in [6.07, 6.45) is -1.22. The molecule has 0 aromatic carbocycles. The van der Waals surface area contributed by atoms with Gasteiger partial charge in [0, 0.05) is 0 Å². The highest BCUT2D eigenvalue weighted by atomic mass is 32.2. The molecule has 0 aromatic rings. The lowest BCUT2D eigenvalue weighted by atomic mass is 10.1. The monoisotopic (exact) mass is 424 g/mol. The molecule has 0 amide bonds. The number of ether oxygens (including phenoxy) is 4. The first-order valence-electron chi connectivity index (χ1n) is 8.85. The van der Waals surface area contributed by atoms with Crippen LogP contribution in [0.3, 0.4) is 0 Å². The summed E-state index contributed by atoms with van der Waals surface area (Å²) < 4.78 is 30.0. The Balaban J connectivity index is 2.07. The van der Waals surface area contributed by atoms with Crippen LogP contribution in [0.25, 0.3) is 0 Å². The predicted octanol–water partition coefficient (Wildman–Crippen LogP) is 3.28. The van der Waals surface area contributed by atoms with Gasteiger partial charge >= 0.3 is 0 Å². The third-order valence-electron chi connectivity index (χ3n) is 5.23. The minimum Gasteiger partial charge on any atom is -0.469 e. The van der Waals surface area contributed by atoms with Gasteiger partial charge in [-0.3, -0.25) is 0 Å². The summed E-state index contributed by atoms with van der Waals surface area (Å²) >= 11 is 6.54. The predicted molar refractivity (Wildman–Crippen MR) is 109 cm³/mol. The van der Waals surface area contributed by atoms with Gasteiger partial charge in [0.2, 0.25) is 4.38 Å². The first-order chi connectivity index (χ1) is 11.8. The standard InChI is InChI=1S/C17H32O6S2Si/c1-16(2,3)26(7,8)19-9-10(18)11-12(21-15(24)25-6)13-14(20-11)23-17(4,5)22-13/h10-14,18H,9H2,1-8H3/t10-,11-,12+,13-,14-/m1/s1. The Morgan fingerprint density at radius 1 is 1.31 bits per heavy atom. The topological polar surface area (TPSA) is 66.4 Å². The molecule has 0 unspecified atom stereocenters. The van der Waals surface area contributed by atoms with Crippen molar-refractivity contribution in [3.05, 3.63) is 0 Å². The van der Waals surface area contributed by atoms with Gasteiger partial charge in [-0.2, -0.15) is 0 Å². The van der Waals surface area contributed by atoms with Crippen LogP contribution in [0.1, 0.15) is 34.6 Å². The van der Waals surface area contributed by atoms with E-state index in [1.807, 2.05) is 20.1 Å². The normalized spacial score (nSPS) is 32.3. The van der Waals surface area contributed by atoms with E-state index in [2.05, 4.69) is 33.9 Å². The van der Waals surface area contributed by atoms with Crippen molar-refractivity contribution >= 4 is 36.7 Å². The number of aliphatic hydroxyl groups excluding tert-OH is 1. The fraction of sp³-hybridized carbons (Fsp3) is 0.941. The van der Waals surface area contributed by atoms with Gasteiger partial charge in [0.25, 0.3) is 0 Å². The Bertz CT molecular complexity index is 522. The van der Waals surface area contributed by atoms with Gasteiger partial charge in [-0.1, -0.05) is 32.5 Å². The molecule has 2 rings (SSSR count). The molecule has 152 valence electrons. The molecule has 0 aromatic heterocycles. The molecule has 2 aliphatic rings. The second-order valence-electron chi connectivity index (χ2n) is 8.74. The summed E-state index contributed by atoms with van der Waals surface area (Å²) in [5.41, 5.74) is 0. The number of thiocarbonyl (C=S) groups is 1. The fourth-order valence-corrected chi connectivity index (χ4v) is 4.05. The van der Waals surface area contributed by atoms with E-state index in [1.165, 1.54) is 11.8 Å². The van der Waals surface area contributed by atoms with Gasteiger partial charge in [0.1, 0.15) is 12.2 Å². The lowest BCUT2D eigenvalue weighted by molar-refractivity contribution is -0.225. The van der Waals surface area contributed by atoms with Crippen LogP contribution in [0.2, 0.25) is 18.1 Å². The van der Waals surface area contributed by atoms with E-state index in [9.17, 15) is 5.11 Å². The summed E-state index contributed by atoms with van der Waals surface area (Å²) in [7, 11) is -1.98. The highest BCUT2D eigenvalue weighted by molar-refractivity contribution is 8.22. The molecule has 0 spiro atoms. The summed E-state index contributed by atoms with van der Waals surface area (Å²) in [4.78, 5) is 0. The summed E-state index contributed by atoms with van der Waals surface area (Å²) in [5.74, 6) is -0.758. The molecule has 9 heteroatoms. The van der Waals surface area contributed by atoms with Crippen LogP contribution >= 0.6 is 24.0 Å². The van der Waals surface area contributed by atoms with E-state index >= 15 is 0 Å². The van der Waals surface area contributed by atoms with Crippen LogP contribution in [-0.2, 0) is 23.4 Å². The van der Waals surface area contributed by atoms with Crippen molar-refractivity contribution in [3.63, 3.8) is 0 Å². The highest BCUT2D eigenvalue weighted by Crippen LogP contribution is 2.41. The second-order valence-corrected chi connectivity index (χ2v) is 15.0. The number of hydrogen-bond donors (Lipinski definition) is 1. The Kier molecular flexibility index (Phi) is 6.89. The van der Waals surface area contributed by atoms with Crippen LogP contribution in [0.15, 0.2) is 0 Å². The van der Waals surface area contributed by atoms with Crippen LogP contribution in [0, 0.1) is 0 Å². The molecule has 2 aliphatic heterocycles. The fourth-order valence-electron chi connectivity index (χ4n) is 2.71. The number of thioether (sulfide) groups is 1. The van der Waals surface area contributed by atoms with E-state index in [0.717, 1.165) is 0 Å². The summed E-state index contributed by atoms with van der Waals surface area (Å²) in [6, 6.07) is 0. The molecule has 0 saturated carbocycles. The largest absolute Gasteiger partial charge is 0.469 e. The van der Waals surface area contributed by atoms with Gasteiger partial charge in [0.15, 0.2) is 32.6 Å². The molecule has 5 atom stereocenters. The van der Waals surface area contributed by atoms with Crippen molar-refractivity contribution in [2.45, 2.75) is 89.2 Å². The van der Waals surface area contributed by atoms with Gasteiger partial charge in [-0.15, -0.1) is 0 Å². The van der Waals surface area contributed by atoms with E-state index in [0.29, 0.717) is 4.38 Å². The smallest absolute Gasteiger partial charge is 0.220 e. The molecule has 6 nitrogen and oxygen atoms in total. The van der Waals surface area contributed by atoms with Gasteiger partial charge in [-0.25, -0.2) is 0 Å². The van der Waals surface area contributed by atoms with Crippen molar-refractivity contribution in [2.24, 2.45) is 0 Å². The zero-order valence-corrected chi connectivity index (χ0v) is 19.5. The van der Waals surface area contributed by atoms with E-state index in [4.69, 9.17) is 35.6 Å². The minimum atomic E-state index is -1.98. The lowest BCUT2D eigenvalue weighted by Gasteiger charge is -2.37. The van der Waals surface area contributed by atoms with Crippen molar-refractivity contribution in [2.75, 3.05) is 12.9 Å². The Labute approximate surface area is 167 Å². The maximum absolute atomic E-state index is 10.8. The minimum absolute atomic E-state index is 0.0618. The van der Waals surface area contributed by atoms with Crippen molar-refractivity contribution in [1.82, 2.24) is 0 Å². The van der Waals surface area contributed by atoms with Crippen LogP contribution in [0.5, 0.6) is 0 Å². The molecule has 26 heavy (non-hydrogen) atoms. The molecule has 0 radical (unpaired) electrons. The molecule has 2 fully saturated rings. The molecule has 0 bridgehead atoms. The van der Waals surface area contributed by atoms with Crippen molar-refractivity contribution in [3.8, 4) is 0 Å². The van der Waals surface area contributed by atoms with Crippen LogP contribution < -0.4 is 0 Å². The third-order valence-corrected chi connectivity index (χ3v) is 10.8. The number of rotatable bonds is 5. The Hall–Kier alpha value is 0.257. The maximum Gasteiger partial charge on any atom is 0.220 e. The Morgan fingerprint density at radius 3 is 2.46 bits per heavy atom. The second kappa shape index (κ2) is 7.94. The first-order valence-corrected chi connectivity index (χ1v) is 13.4. The molecule has 2 saturated heterocycles. The SMILES string of the molecule is CSC(=S)O[C@@H]1[C@H]2OC(C)(C)O[C@H]2O[C@@H]1[C@H](O)CO[Si](C)(C)C(C)(C)C. The van der Waals surface area contributed by atoms with Gasteiger partial charge in [-0.05, 0) is 50.5 Å². The van der Waals surface area contributed by atoms with Crippen molar-refractivity contribution < 1.29 is 28.5 Å². The first kappa shape index (κ1) is 22.5. The highest BCUT2D eigenvalue weighted by Gasteiger charge is 2.58. The zero-order chi connectivity index (χ0) is 19.9. The molecular weight excluding hydrogens is 392 g/mol. The average molecular weight is 425 g/mol. The van der Waals surface area contributed by atoms with E-state index < -0.39 is 44.8 Å². The summed E-state index contributed by atoms with van der Waals surface area (Å²) in [6.45, 7) is 14.6. The zero-order valence-electron chi connectivity index (χ0n) is 16.9. The van der Waals surface area contributed by atoms with Gasteiger partial charge in [0.05, 0.1) is 6.61 Å². The van der Waals surface area contributed by atoms with Crippen LogP contribution in [-0.4, -0.2) is 67.2 Å². The number of fused-ring (bicyclic) bond motifs is 1. The number of aliphatic hydroxyl groups is 1. The average Bonchev–Trinajstić information content (AvgIpc) is 2.96. The number of hydrogen-bond acceptors (Lipinski definition) is 8.